The lowest BCUT2D eigenvalue weighted by atomic mass is 9.81. The average Bonchev–Trinajstić information content (AvgIpc) is 3.09. The molecule has 2 bridgehead atoms. The Balaban J connectivity index is 1.40. The number of benzene rings is 1. The lowest BCUT2D eigenvalue weighted by molar-refractivity contribution is 0.0184. The zero-order valence-corrected chi connectivity index (χ0v) is 15.0. The number of piperidine rings is 2. The summed E-state index contributed by atoms with van der Waals surface area (Å²) in [6.45, 7) is 1.03. The number of thiophene rings is 1. The van der Waals surface area contributed by atoms with Gasteiger partial charge in [-0.05, 0) is 61.4 Å². The number of halogens is 1. The number of fused-ring (bicyclic) bond motifs is 2. The number of carbonyl (C=O) groups excluding carboxylic acids is 1. The first-order valence-electron chi connectivity index (χ1n) is 9.03. The van der Waals surface area contributed by atoms with Gasteiger partial charge in [-0.1, -0.05) is 12.5 Å². The Morgan fingerprint density at radius 1 is 1.16 bits per heavy atom. The van der Waals surface area contributed by atoms with Crippen LogP contribution in [0.3, 0.4) is 0 Å². The van der Waals surface area contributed by atoms with Crippen molar-refractivity contribution in [3.8, 4) is 0 Å². The van der Waals surface area contributed by atoms with Crippen molar-refractivity contribution in [2.45, 2.75) is 56.8 Å². The second kappa shape index (κ2) is 7.26. The van der Waals surface area contributed by atoms with E-state index >= 15 is 0 Å². The van der Waals surface area contributed by atoms with E-state index in [0.29, 0.717) is 17.6 Å². The minimum Gasteiger partial charge on any atom is -0.349 e. The van der Waals surface area contributed by atoms with E-state index in [1.807, 2.05) is 11.3 Å². The van der Waals surface area contributed by atoms with Crippen LogP contribution >= 0.6 is 11.3 Å². The Morgan fingerprint density at radius 2 is 1.88 bits per heavy atom. The van der Waals surface area contributed by atoms with Gasteiger partial charge in [-0.2, -0.15) is 0 Å². The molecule has 1 aromatic carbocycles. The first-order valence-corrected chi connectivity index (χ1v) is 9.91. The number of nitrogens with zero attached hydrogens (tertiary/aromatic N) is 1. The van der Waals surface area contributed by atoms with Crippen molar-refractivity contribution in [3.63, 3.8) is 0 Å². The van der Waals surface area contributed by atoms with Gasteiger partial charge in [0.25, 0.3) is 5.91 Å². The second-order valence-corrected chi connectivity index (χ2v) is 8.17. The molecule has 2 unspecified atom stereocenters. The zero-order chi connectivity index (χ0) is 17.2. The van der Waals surface area contributed by atoms with E-state index in [2.05, 4.69) is 27.7 Å². The van der Waals surface area contributed by atoms with E-state index < -0.39 is 0 Å². The standard InChI is InChI=1S/C20H23FN2OS/c21-15-8-6-14(7-9-15)20(24)22-16-11-17-3-1-4-18(12-16)23(17)13-19-5-2-10-25-19/h2,5-10,16-18H,1,3-4,11-13H2,(H,22,24). The average molecular weight is 358 g/mol. The summed E-state index contributed by atoms with van der Waals surface area (Å²) in [5.41, 5.74) is 0.535. The maximum atomic E-state index is 13.0. The van der Waals surface area contributed by atoms with Crippen molar-refractivity contribution in [1.82, 2.24) is 10.2 Å². The molecular formula is C20H23FN2OS. The van der Waals surface area contributed by atoms with Crippen LogP contribution in [0.2, 0.25) is 0 Å². The van der Waals surface area contributed by atoms with Crippen LogP contribution < -0.4 is 5.32 Å². The molecule has 2 aromatic rings. The van der Waals surface area contributed by atoms with Gasteiger partial charge >= 0.3 is 0 Å². The third kappa shape index (κ3) is 3.77. The van der Waals surface area contributed by atoms with Crippen LogP contribution in [0, 0.1) is 5.82 Å². The maximum Gasteiger partial charge on any atom is 0.251 e. The van der Waals surface area contributed by atoms with Gasteiger partial charge in [0.15, 0.2) is 0 Å². The van der Waals surface area contributed by atoms with Gasteiger partial charge in [0.05, 0.1) is 0 Å². The van der Waals surface area contributed by atoms with Crippen LogP contribution in [-0.2, 0) is 6.54 Å². The SMILES string of the molecule is O=C(NC1CC2CCCC(C1)N2Cc1cccs1)c1ccc(F)cc1. The fourth-order valence-corrected chi connectivity index (χ4v) is 5.02. The first kappa shape index (κ1) is 16.7. The first-order chi connectivity index (χ1) is 12.2. The molecule has 1 N–H and O–H groups in total. The number of hydrogen-bond donors (Lipinski definition) is 1. The Labute approximate surface area is 151 Å². The molecule has 0 spiro atoms. The third-order valence-electron chi connectivity index (χ3n) is 5.49. The second-order valence-electron chi connectivity index (χ2n) is 7.14. The highest BCUT2D eigenvalue weighted by molar-refractivity contribution is 7.09. The molecule has 132 valence electrons. The van der Waals surface area contributed by atoms with Crippen LogP contribution in [-0.4, -0.2) is 28.9 Å². The molecule has 2 fully saturated rings. The summed E-state index contributed by atoms with van der Waals surface area (Å²) in [5.74, 6) is -0.400. The Kier molecular flexibility index (Phi) is 4.86. The number of hydrogen-bond acceptors (Lipinski definition) is 3. The molecule has 2 aliphatic heterocycles. The summed E-state index contributed by atoms with van der Waals surface area (Å²) in [7, 11) is 0. The molecule has 25 heavy (non-hydrogen) atoms. The lowest BCUT2D eigenvalue weighted by Crippen LogP contribution is -2.56. The molecule has 4 rings (SSSR count). The predicted octanol–water partition coefficient (Wildman–Crippen LogP) is 4.20. The van der Waals surface area contributed by atoms with E-state index in [9.17, 15) is 9.18 Å². The largest absolute Gasteiger partial charge is 0.349 e. The highest BCUT2D eigenvalue weighted by Gasteiger charge is 2.38. The normalized spacial score (nSPS) is 26.4. The molecule has 5 heteroatoms. The van der Waals surface area contributed by atoms with Crippen LogP contribution in [0.25, 0.3) is 0 Å². The lowest BCUT2D eigenvalue weighted by Gasteiger charge is -2.49. The van der Waals surface area contributed by atoms with Crippen LogP contribution in [0.1, 0.15) is 47.3 Å². The predicted molar refractivity (Wildman–Crippen MR) is 98.2 cm³/mol. The number of amides is 1. The summed E-state index contributed by atoms with van der Waals surface area (Å²) in [4.78, 5) is 16.5. The summed E-state index contributed by atoms with van der Waals surface area (Å²) >= 11 is 1.82. The van der Waals surface area contributed by atoms with Gasteiger partial charge < -0.3 is 5.32 Å². The van der Waals surface area contributed by atoms with Gasteiger partial charge in [-0.25, -0.2) is 4.39 Å². The van der Waals surface area contributed by atoms with Crippen molar-refractivity contribution in [2.24, 2.45) is 0 Å². The highest BCUT2D eigenvalue weighted by atomic mass is 32.1. The van der Waals surface area contributed by atoms with Gasteiger partial charge in [0.1, 0.15) is 5.82 Å². The van der Waals surface area contributed by atoms with Crippen LogP contribution in [0.4, 0.5) is 4.39 Å². The smallest absolute Gasteiger partial charge is 0.251 e. The molecule has 2 aliphatic rings. The Hall–Kier alpha value is -1.72. The Morgan fingerprint density at radius 3 is 2.52 bits per heavy atom. The van der Waals surface area contributed by atoms with E-state index in [0.717, 1.165) is 19.4 Å². The molecule has 3 heterocycles. The van der Waals surface area contributed by atoms with Crippen molar-refractivity contribution >= 4 is 17.2 Å². The number of nitrogens with one attached hydrogen (secondary N) is 1. The van der Waals surface area contributed by atoms with Gasteiger partial charge in [0, 0.05) is 35.1 Å². The molecule has 1 amide bonds. The summed E-state index contributed by atoms with van der Waals surface area (Å²) in [5, 5.41) is 5.32. The topological polar surface area (TPSA) is 32.3 Å². The summed E-state index contributed by atoms with van der Waals surface area (Å²) in [6, 6.07) is 11.4. The molecule has 0 saturated carbocycles. The molecule has 0 radical (unpaired) electrons. The van der Waals surface area contributed by atoms with E-state index in [1.165, 1.54) is 36.3 Å². The van der Waals surface area contributed by atoms with Gasteiger partial charge in [-0.3, -0.25) is 9.69 Å². The fourth-order valence-electron chi connectivity index (χ4n) is 4.31. The zero-order valence-electron chi connectivity index (χ0n) is 14.2. The van der Waals surface area contributed by atoms with E-state index in [1.54, 1.807) is 12.1 Å². The maximum absolute atomic E-state index is 13.0. The molecule has 2 atom stereocenters. The van der Waals surface area contributed by atoms with Crippen molar-refractivity contribution < 1.29 is 9.18 Å². The monoisotopic (exact) mass is 358 g/mol. The highest BCUT2D eigenvalue weighted by Crippen LogP contribution is 2.35. The van der Waals surface area contributed by atoms with Crippen LogP contribution in [0.5, 0.6) is 0 Å². The Bertz CT molecular complexity index is 702. The molecule has 0 aliphatic carbocycles. The van der Waals surface area contributed by atoms with E-state index in [4.69, 9.17) is 0 Å². The minimum atomic E-state index is -0.312. The van der Waals surface area contributed by atoms with Crippen molar-refractivity contribution in [2.75, 3.05) is 0 Å². The molecule has 3 nitrogen and oxygen atoms in total. The van der Waals surface area contributed by atoms with Crippen molar-refractivity contribution in [3.05, 3.63) is 58.0 Å². The molecular weight excluding hydrogens is 335 g/mol. The minimum absolute atomic E-state index is 0.0882. The fraction of sp³-hybridized carbons (Fsp3) is 0.450. The van der Waals surface area contributed by atoms with E-state index in [-0.39, 0.29) is 17.8 Å². The number of carbonyl (C=O) groups is 1. The quantitative estimate of drug-likeness (QED) is 0.888. The number of rotatable bonds is 4. The van der Waals surface area contributed by atoms with Gasteiger partial charge in [0.2, 0.25) is 0 Å². The van der Waals surface area contributed by atoms with Gasteiger partial charge in [-0.15, -0.1) is 11.3 Å². The summed E-state index contributed by atoms with van der Waals surface area (Å²) in [6.07, 6.45) is 5.73. The third-order valence-corrected chi connectivity index (χ3v) is 6.35. The molecule has 1 aromatic heterocycles. The summed E-state index contributed by atoms with van der Waals surface area (Å²) < 4.78 is 13.0. The van der Waals surface area contributed by atoms with Crippen molar-refractivity contribution in [1.29, 1.82) is 0 Å². The molecule has 2 saturated heterocycles. The van der Waals surface area contributed by atoms with Crippen LogP contribution in [0.15, 0.2) is 41.8 Å².